The maximum atomic E-state index is 10.5. The first-order valence-electron chi connectivity index (χ1n) is 3.81. The molecule has 0 saturated carbocycles. The number of nitrogens with zero attached hydrogens (tertiary/aromatic N) is 4. The fourth-order valence-corrected chi connectivity index (χ4v) is 0.974. The van der Waals surface area contributed by atoms with E-state index in [1.165, 1.54) is 0 Å². The zero-order valence-corrected chi connectivity index (χ0v) is 7.58. The summed E-state index contributed by atoms with van der Waals surface area (Å²) in [5.41, 5.74) is 0. The molecule has 0 saturated heterocycles. The van der Waals surface area contributed by atoms with Crippen LogP contribution in [0.25, 0.3) is 0 Å². The van der Waals surface area contributed by atoms with E-state index in [1.54, 1.807) is 13.8 Å². The summed E-state index contributed by atoms with van der Waals surface area (Å²) in [6, 6.07) is -0.239. The lowest BCUT2D eigenvalue weighted by molar-refractivity contribution is -0.403. The lowest BCUT2D eigenvalue weighted by atomic mass is 10.4. The molecule has 0 amide bonds. The highest BCUT2D eigenvalue weighted by Crippen LogP contribution is 2.21. The minimum atomic E-state index is -0.758. The van der Waals surface area contributed by atoms with Crippen LogP contribution < -0.4 is 0 Å². The highest BCUT2D eigenvalue weighted by molar-refractivity contribution is 5.25. The van der Waals surface area contributed by atoms with Crippen LogP contribution in [-0.4, -0.2) is 19.4 Å². The Bertz CT molecular complexity index is 383. The fourth-order valence-electron chi connectivity index (χ4n) is 0.974. The molecule has 0 aliphatic rings. The SMILES string of the molecule is CC(C)n1cc([N+](=O)[O-])nc1[N+](=O)[O-]. The van der Waals surface area contributed by atoms with Crippen molar-refractivity contribution in [3.8, 4) is 0 Å². The summed E-state index contributed by atoms with van der Waals surface area (Å²) in [5.74, 6) is -1.02. The third-order valence-corrected chi connectivity index (χ3v) is 1.61. The Labute approximate surface area is 78.5 Å². The molecule has 0 bridgehead atoms. The second-order valence-electron chi connectivity index (χ2n) is 2.91. The van der Waals surface area contributed by atoms with Crippen LogP contribution >= 0.6 is 0 Å². The number of hydrogen-bond acceptors (Lipinski definition) is 5. The number of hydrogen-bond donors (Lipinski definition) is 0. The van der Waals surface area contributed by atoms with E-state index in [0.29, 0.717) is 0 Å². The molecule has 8 nitrogen and oxygen atoms in total. The Morgan fingerprint density at radius 1 is 1.36 bits per heavy atom. The second kappa shape index (κ2) is 3.40. The first-order valence-corrected chi connectivity index (χ1v) is 3.81. The van der Waals surface area contributed by atoms with Crippen LogP contribution in [-0.2, 0) is 0 Å². The highest BCUT2D eigenvalue weighted by atomic mass is 16.6. The molecule has 1 heterocycles. The average Bonchev–Trinajstić information content (AvgIpc) is 2.47. The minimum absolute atomic E-state index is 0.239. The zero-order chi connectivity index (χ0) is 10.9. The van der Waals surface area contributed by atoms with Gasteiger partial charge in [-0.05, 0) is 28.7 Å². The molecule has 8 heteroatoms. The van der Waals surface area contributed by atoms with E-state index < -0.39 is 21.6 Å². The van der Waals surface area contributed by atoms with Crippen LogP contribution in [0.5, 0.6) is 0 Å². The number of nitro groups is 2. The lowest BCUT2D eigenvalue weighted by Crippen LogP contribution is -2.04. The third-order valence-electron chi connectivity index (χ3n) is 1.61. The molecule has 0 aliphatic carbocycles. The molecule has 0 aliphatic heterocycles. The van der Waals surface area contributed by atoms with Gasteiger partial charge in [-0.1, -0.05) is 0 Å². The van der Waals surface area contributed by atoms with E-state index in [1.807, 2.05) is 0 Å². The van der Waals surface area contributed by atoms with E-state index in [0.717, 1.165) is 10.8 Å². The van der Waals surface area contributed by atoms with Crippen molar-refractivity contribution in [2.24, 2.45) is 0 Å². The van der Waals surface area contributed by atoms with Gasteiger partial charge in [0.05, 0.1) is 6.04 Å². The van der Waals surface area contributed by atoms with Crippen LogP contribution in [0.1, 0.15) is 19.9 Å². The van der Waals surface area contributed by atoms with Gasteiger partial charge in [0.1, 0.15) is 0 Å². The molecule has 1 aromatic heterocycles. The molecular weight excluding hydrogens is 192 g/mol. The Balaban J connectivity index is 3.26. The third kappa shape index (κ3) is 1.68. The molecule has 14 heavy (non-hydrogen) atoms. The molecule has 1 aromatic rings. The molecule has 0 spiro atoms. The van der Waals surface area contributed by atoms with Crippen molar-refractivity contribution < 1.29 is 9.85 Å². The normalized spacial score (nSPS) is 10.5. The van der Waals surface area contributed by atoms with Crippen LogP contribution in [0.4, 0.5) is 11.8 Å². The molecule has 0 unspecified atom stereocenters. The predicted molar refractivity (Wildman–Crippen MR) is 45.9 cm³/mol. The van der Waals surface area contributed by atoms with Crippen LogP contribution in [0.3, 0.4) is 0 Å². The second-order valence-corrected chi connectivity index (χ2v) is 2.91. The van der Waals surface area contributed by atoms with Gasteiger partial charge in [0, 0.05) is 0 Å². The molecular formula is C6H8N4O4. The highest BCUT2D eigenvalue weighted by Gasteiger charge is 2.24. The van der Waals surface area contributed by atoms with Crippen LogP contribution in [0, 0.1) is 20.2 Å². The van der Waals surface area contributed by atoms with Gasteiger partial charge >= 0.3 is 11.8 Å². The Hall–Kier alpha value is -1.99. The topological polar surface area (TPSA) is 104 Å². The Morgan fingerprint density at radius 3 is 2.21 bits per heavy atom. The summed E-state index contributed by atoms with van der Waals surface area (Å²) in [6.07, 6.45) is 1.06. The molecule has 1 rings (SSSR count). The maximum Gasteiger partial charge on any atom is 0.439 e. The van der Waals surface area contributed by atoms with E-state index in [4.69, 9.17) is 0 Å². The quantitative estimate of drug-likeness (QED) is 0.539. The van der Waals surface area contributed by atoms with Crippen molar-refractivity contribution in [3.63, 3.8) is 0 Å². The standard InChI is InChI=1S/C6H8N4O4/c1-4(2)8-3-5(9(11)12)7-6(8)10(13)14/h3-4H,1-2H3. The van der Waals surface area contributed by atoms with Crippen LogP contribution in [0.15, 0.2) is 6.20 Å². The zero-order valence-electron chi connectivity index (χ0n) is 7.58. The summed E-state index contributed by atoms with van der Waals surface area (Å²) in [5, 5.41) is 20.8. The van der Waals surface area contributed by atoms with Crippen molar-refractivity contribution in [3.05, 3.63) is 26.4 Å². The molecule has 76 valence electrons. The first-order chi connectivity index (χ1) is 6.43. The number of imidazole rings is 1. The van der Waals surface area contributed by atoms with Crippen molar-refractivity contribution >= 4 is 11.8 Å². The Kier molecular flexibility index (Phi) is 2.45. The van der Waals surface area contributed by atoms with Gasteiger partial charge in [0.2, 0.25) is 0 Å². The van der Waals surface area contributed by atoms with Crippen molar-refractivity contribution in [1.29, 1.82) is 0 Å². The largest absolute Gasteiger partial charge is 0.439 e. The molecule has 0 N–H and O–H groups in total. The van der Waals surface area contributed by atoms with E-state index in [2.05, 4.69) is 4.98 Å². The minimum Gasteiger partial charge on any atom is -0.390 e. The van der Waals surface area contributed by atoms with Gasteiger partial charge < -0.3 is 20.2 Å². The average molecular weight is 200 g/mol. The van der Waals surface area contributed by atoms with Gasteiger partial charge in [0.25, 0.3) is 0 Å². The van der Waals surface area contributed by atoms with Gasteiger partial charge in [-0.25, -0.2) is 4.57 Å². The predicted octanol–water partition coefficient (Wildman–Crippen LogP) is 1.28. The lowest BCUT2D eigenvalue weighted by Gasteiger charge is -2.02. The fraction of sp³-hybridized carbons (Fsp3) is 0.500. The van der Waals surface area contributed by atoms with E-state index >= 15 is 0 Å². The maximum absolute atomic E-state index is 10.5. The van der Waals surface area contributed by atoms with E-state index in [-0.39, 0.29) is 6.04 Å². The van der Waals surface area contributed by atoms with Crippen molar-refractivity contribution in [1.82, 2.24) is 9.55 Å². The number of aromatic nitrogens is 2. The first kappa shape index (κ1) is 10.1. The number of rotatable bonds is 3. The van der Waals surface area contributed by atoms with E-state index in [9.17, 15) is 20.2 Å². The molecule has 0 radical (unpaired) electrons. The van der Waals surface area contributed by atoms with Gasteiger partial charge in [-0.15, -0.1) is 0 Å². The smallest absolute Gasteiger partial charge is 0.390 e. The Morgan fingerprint density at radius 2 is 1.93 bits per heavy atom. The summed E-state index contributed by atoms with van der Waals surface area (Å²) < 4.78 is 1.15. The summed E-state index contributed by atoms with van der Waals surface area (Å²) >= 11 is 0. The molecule has 0 fully saturated rings. The van der Waals surface area contributed by atoms with Crippen LogP contribution in [0.2, 0.25) is 0 Å². The van der Waals surface area contributed by atoms with Crippen molar-refractivity contribution in [2.75, 3.05) is 0 Å². The van der Waals surface area contributed by atoms with Gasteiger partial charge in [-0.2, -0.15) is 0 Å². The van der Waals surface area contributed by atoms with Gasteiger partial charge in [0.15, 0.2) is 6.20 Å². The van der Waals surface area contributed by atoms with Gasteiger partial charge in [-0.3, -0.25) is 0 Å². The summed E-state index contributed by atoms with van der Waals surface area (Å²) in [6.45, 7) is 3.36. The monoisotopic (exact) mass is 200 g/mol. The molecule has 0 atom stereocenters. The van der Waals surface area contributed by atoms with Crippen molar-refractivity contribution in [2.45, 2.75) is 19.9 Å². The molecule has 0 aromatic carbocycles. The summed E-state index contributed by atoms with van der Waals surface area (Å²) in [7, 11) is 0. The summed E-state index contributed by atoms with van der Waals surface area (Å²) in [4.78, 5) is 22.6.